The fraction of sp³-hybridized carbons (Fsp3) is 0.250. The summed E-state index contributed by atoms with van der Waals surface area (Å²) in [6.07, 6.45) is 2.17. The van der Waals surface area contributed by atoms with Crippen molar-refractivity contribution < 1.29 is 14.3 Å². The number of anilines is 1. The smallest absolute Gasteiger partial charge is 0.268 e. The molecule has 2 rings (SSSR count). The highest BCUT2D eigenvalue weighted by Crippen LogP contribution is 2.34. The molecule has 0 spiro atoms. The number of carbonyl (C=O) groups excluding carboxylic acids is 1. The second-order valence-electron chi connectivity index (χ2n) is 4.71. The van der Waals surface area contributed by atoms with E-state index in [0.29, 0.717) is 26.7 Å². The first kappa shape index (κ1) is 18.9. The summed E-state index contributed by atoms with van der Waals surface area (Å²) in [6.45, 7) is 1.94. The molecule has 9 heteroatoms. The standard InChI is InChI=1S/C16H15BrN4O3S/c1-4-14-20-21-16(25-14)19-15(22)10(8-18)5-9-6-11(17)13(24-3)7-12(9)23-2/h5-7H,4H2,1-3H3,(H,19,21,22). The van der Waals surface area contributed by atoms with E-state index in [4.69, 9.17) is 9.47 Å². The number of carbonyl (C=O) groups is 1. The van der Waals surface area contributed by atoms with Gasteiger partial charge in [0, 0.05) is 11.6 Å². The van der Waals surface area contributed by atoms with Crippen LogP contribution in [0.15, 0.2) is 22.2 Å². The molecule has 1 aromatic carbocycles. The molecule has 25 heavy (non-hydrogen) atoms. The van der Waals surface area contributed by atoms with E-state index in [9.17, 15) is 10.1 Å². The molecule has 130 valence electrons. The number of nitrogens with one attached hydrogen (secondary N) is 1. The zero-order chi connectivity index (χ0) is 18.4. The van der Waals surface area contributed by atoms with Crippen LogP contribution < -0.4 is 14.8 Å². The topological polar surface area (TPSA) is 97.1 Å². The summed E-state index contributed by atoms with van der Waals surface area (Å²) in [5.74, 6) is 0.498. The molecule has 0 bridgehead atoms. The predicted molar refractivity (Wildman–Crippen MR) is 98.8 cm³/mol. The van der Waals surface area contributed by atoms with E-state index in [1.54, 1.807) is 12.1 Å². The number of halogens is 1. The minimum absolute atomic E-state index is 0.0800. The number of aromatic nitrogens is 2. The van der Waals surface area contributed by atoms with Crippen molar-refractivity contribution in [3.63, 3.8) is 0 Å². The summed E-state index contributed by atoms with van der Waals surface area (Å²) in [5.41, 5.74) is 0.483. The van der Waals surface area contributed by atoms with Crippen molar-refractivity contribution in [2.24, 2.45) is 0 Å². The van der Waals surface area contributed by atoms with Gasteiger partial charge in [-0.2, -0.15) is 5.26 Å². The number of hydrogen-bond donors (Lipinski definition) is 1. The maximum absolute atomic E-state index is 12.3. The Labute approximate surface area is 157 Å². The largest absolute Gasteiger partial charge is 0.496 e. The highest BCUT2D eigenvalue weighted by molar-refractivity contribution is 9.10. The molecule has 0 aliphatic carbocycles. The maximum Gasteiger partial charge on any atom is 0.268 e. The van der Waals surface area contributed by atoms with Gasteiger partial charge in [0.05, 0.1) is 18.7 Å². The molecule has 0 saturated heterocycles. The molecular formula is C16H15BrN4O3S. The Morgan fingerprint density at radius 3 is 2.64 bits per heavy atom. The quantitative estimate of drug-likeness (QED) is 0.565. The first-order valence-electron chi connectivity index (χ1n) is 7.19. The van der Waals surface area contributed by atoms with Crippen molar-refractivity contribution in [3.05, 3.63) is 32.7 Å². The molecule has 1 aromatic heterocycles. The van der Waals surface area contributed by atoms with Gasteiger partial charge in [-0.1, -0.05) is 18.3 Å². The summed E-state index contributed by atoms with van der Waals surface area (Å²) in [4.78, 5) is 12.3. The number of methoxy groups -OCH3 is 2. The van der Waals surface area contributed by atoms with Gasteiger partial charge >= 0.3 is 0 Å². The Balaban J connectivity index is 2.31. The predicted octanol–water partition coefficient (Wildman–Crippen LogP) is 3.43. The van der Waals surface area contributed by atoms with Gasteiger partial charge in [0.2, 0.25) is 5.13 Å². The van der Waals surface area contributed by atoms with Gasteiger partial charge in [0.1, 0.15) is 28.1 Å². The lowest BCUT2D eigenvalue weighted by Crippen LogP contribution is -2.13. The van der Waals surface area contributed by atoms with E-state index in [0.717, 1.165) is 11.4 Å². The normalized spacial score (nSPS) is 10.9. The molecule has 2 aromatic rings. The first-order valence-corrected chi connectivity index (χ1v) is 8.80. The fourth-order valence-corrected chi connectivity index (χ4v) is 3.11. The summed E-state index contributed by atoms with van der Waals surface area (Å²) in [6, 6.07) is 5.27. The molecule has 0 saturated carbocycles. The van der Waals surface area contributed by atoms with Crippen LogP contribution in [0.5, 0.6) is 11.5 Å². The van der Waals surface area contributed by atoms with E-state index in [2.05, 4.69) is 31.4 Å². The third-order valence-electron chi connectivity index (χ3n) is 3.16. The summed E-state index contributed by atoms with van der Waals surface area (Å²) >= 11 is 4.65. The second-order valence-corrected chi connectivity index (χ2v) is 6.62. The minimum Gasteiger partial charge on any atom is -0.496 e. The summed E-state index contributed by atoms with van der Waals surface area (Å²) in [5, 5.41) is 20.9. The number of nitrogens with zero attached hydrogens (tertiary/aromatic N) is 3. The average molecular weight is 423 g/mol. The lowest BCUT2D eigenvalue weighted by Gasteiger charge is -2.10. The maximum atomic E-state index is 12.3. The molecule has 0 aliphatic rings. The highest BCUT2D eigenvalue weighted by Gasteiger charge is 2.15. The fourth-order valence-electron chi connectivity index (χ4n) is 1.91. The van der Waals surface area contributed by atoms with Crippen molar-refractivity contribution in [1.29, 1.82) is 5.26 Å². The van der Waals surface area contributed by atoms with E-state index < -0.39 is 5.91 Å². The van der Waals surface area contributed by atoms with Crippen LogP contribution >= 0.6 is 27.3 Å². The van der Waals surface area contributed by atoms with Crippen LogP contribution in [-0.2, 0) is 11.2 Å². The minimum atomic E-state index is -0.560. The second kappa shape index (κ2) is 8.60. The zero-order valence-electron chi connectivity index (χ0n) is 13.8. The van der Waals surface area contributed by atoms with Crippen molar-refractivity contribution >= 4 is 44.4 Å². The van der Waals surface area contributed by atoms with E-state index in [-0.39, 0.29) is 5.57 Å². The third kappa shape index (κ3) is 4.55. The third-order valence-corrected chi connectivity index (χ3v) is 4.76. The van der Waals surface area contributed by atoms with E-state index in [1.165, 1.54) is 31.6 Å². The zero-order valence-corrected chi connectivity index (χ0v) is 16.2. The van der Waals surface area contributed by atoms with Crippen molar-refractivity contribution in [2.75, 3.05) is 19.5 Å². The van der Waals surface area contributed by atoms with Gasteiger partial charge in [-0.15, -0.1) is 10.2 Å². The molecule has 0 atom stereocenters. The first-order chi connectivity index (χ1) is 12.0. The van der Waals surface area contributed by atoms with Crippen LogP contribution in [0.3, 0.4) is 0 Å². The molecule has 0 fully saturated rings. The van der Waals surface area contributed by atoms with E-state index in [1.807, 2.05) is 13.0 Å². The highest BCUT2D eigenvalue weighted by atomic mass is 79.9. The molecular weight excluding hydrogens is 408 g/mol. The van der Waals surface area contributed by atoms with Crippen molar-refractivity contribution in [3.8, 4) is 17.6 Å². The van der Waals surface area contributed by atoms with Crippen LogP contribution in [0.1, 0.15) is 17.5 Å². The van der Waals surface area contributed by atoms with Crippen molar-refractivity contribution in [1.82, 2.24) is 10.2 Å². The Kier molecular flexibility index (Phi) is 6.50. The monoisotopic (exact) mass is 422 g/mol. The molecule has 1 N–H and O–H groups in total. The average Bonchev–Trinajstić information content (AvgIpc) is 3.07. The molecule has 0 radical (unpaired) electrons. The molecule has 0 unspecified atom stereocenters. The van der Waals surface area contributed by atoms with Gasteiger partial charge in [-0.25, -0.2) is 0 Å². The van der Waals surface area contributed by atoms with E-state index >= 15 is 0 Å². The lowest BCUT2D eigenvalue weighted by molar-refractivity contribution is -0.112. The number of rotatable bonds is 6. The number of ether oxygens (including phenoxy) is 2. The molecule has 7 nitrogen and oxygen atoms in total. The summed E-state index contributed by atoms with van der Waals surface area (Å²) < 4.78 is 11.2. The van der Waals surface area contributed by atoms with Gasteiger partial charge in [-0.3, -0.25) is 10.1 Å². The lowest BCUT2D eigenvalue weighted by atomic mass is 10.1. The SMILES string of the molecule is CCc1nnc(NC(=O)C(C#N)=Cc2cc(Br)c(OC)cc2OC)s1. The summed E-state index contributed by atoms with van der Waals surface area (Å²) in [7, 11) is 3.04. The van der Waals surface area contributed by atoms with Gasteiger partial charge < -0.3 is 9.47 Å². The Hall–Kier alpha value is -2.44. The number of benzene rings is 1. The van der Waals surface area contributed by atoms with Crippen LogP contribution in [0.2, 0.25) is 0 Å². The van der Waals surface area contributed by atoms with Crippen LogP contribution in [0.25, 0.3) is 6.08 Å². The molecule has 1 heterocycles. The molecule has 0 aliphatic heterocycles. The van der Waals surface area contributed by atoms with Gasteiger partial charge in [-0.05, 0) is 34.5 Å². The Morgan fingerprint density at radius 1 is 1.36 bits per heavy atom. The van der Waals surface area contributed by atoms with Crippen LogP contribution in [0.4, 0.5) is 5.13 Å². The number of aryl methyl sites for hydroxylation is 1. The number of nitriles is 1. The van der Waals surface area contributed by atoms with Gasteiger partial charge in [0.15, 0.2) is 0 Å². The van der Waals surface area contributed by atoms with Crippen LogP contribution in [0, 0.1) is 11.3 Å². The molecule has 1 amide bonds. The van der Waals surface area contributed by atoms with Crippen LogP contribution in [-0.4, -0.2) is 30.3 Å². The number of hydrogen-bond acceptors (Lipinski definition) is 7. The van der Waals surface area contributed by atoms with Crippen molar-refractivity contribution in [2.45, 2.75) is 13.3 Å². The number of amides is 1. The Bertz CT molecular complexity index is 858. The van der Waals surface area contributed by atoms with Gasteiger partial charge in [0.25, 0.3) is 5.91 Å². The Morgan fingerprint density at radius 2 is 2.08 bits per heavy atom.